The Balaban J connectivity index is 2.08. The number of carbonyl (C=O) groups is 1. The number of rotatable bonds is 4. The van der Waals surface area contributed by atoms with E-state index in [4.69, 9.17) is 5.73 Å². The first-order valence-electron chi connectivity index (χ1n) is 5.38. The van der Waals surface area contributed by atoms with Crippen molar-refractivity contribution >= 4 is 5.78 Å². The highest BCUT2D eigenvalue weighted by Gasteiger charge is 2.07. The maximum Gasteiger partial charge on any atom is 0.184 e. The van der Waals surface area contributed by atoms with Gasteiger partial charge < -0.3 is 5.73 Å². The van der Waals surface area contributed by atoms with Gasteiger partial charge in [-0.3, -0.25) is 4.79 Å². The third-order valence-electron chi connectivity index (χ3n) is 2.47. The SMILES string of the molecule is Cc1ccc(C(=O)Cn2cc(CN)nn2)cc1. The largest absolute Gasteiger partial charge is 0.325 e. The Morgan fingerprint density at radius 1 is 1.35 bits per heavy atom. The molecule has 17 heavy (non-hydrogen) atoms. The number of hydrogen-bond donors (Lipinski definition) is 1. The summed E-state index contributed by atoms with van der Waals surface area (Å²) in [4.78, 5) is 11.9. The summed E-state index contributed by atoms with van der Waals surface area (Å²) in [5.74, 6) is 0.0125. The van der Waals surface area contributed by atoms with E-state index in [1.54, 1.807) is 6.20 Å². The first-order valence-corrected chi connectivity index (χ1v) is 5.38. The lowest BCUT2D eigenvalue weighted by Crippen LogP contribution is -2.11. The van der Waals surface area contributed by atoms with Crippen LogP contribution in [0.2, 0.25) is 0 Å². The van der Waals surface area contributed by atoms with Crippen molar-refractivity contribution in [1.82, 2.24) is 15.0 Å². The maximum atomic E-state index is 11.9. The van der Waals surface area contributed by atoms with Gasteiger partial charge in [-0.1, -0.05) is 35.0 Å². The molecule has 1 heterocycles. The van der Waals surface area contributed by atoms with E-state index >= 15 is 0 Å². The molecule has 2 rings (SSSR count). The third kappa shape index (κ3) is 2.76. The molecule has 88 valence electrons. The van der Waals surface area contributed by atoms with Crippen LogP contribution in [0.15, 0.2) is 30.5 Å². The molecule has 0 fully saturated rings. The normalized spacial score (nSPS) is 10.5. The molecule has 2 N–H and O–H groups in total. The Hall–Kier alpha value is -2.01. The number of ketones is 1. The lowest BCUT2D eigenvalue weighted by Gasteiger charge is -2.01. The van der Waals surface area contributed by atoms with Crippen molar-refractivity contribution in [3.8, 4) is 0 Å². The second-order valence-corrected chi connectivity index (χ2v) is 3.90. The monoisotopic (exact) mass is 230 g/mol. The molecule has 0 amide bonds. The highest BCUT2D eigenvalue weighted by Crippen LogP contribution is 2.05. The van der Waals surface area contributed by atoms with Crippen molar-refractivity contribution < 1.29 is 4.79 Å². The fourth-order valence-corrected chi connectivity index (χ4v) is 1.49. The molecule has 0 aliphatic heterocycles. The minimum Gasteiger partial charge on any atom is -0.325 e. The van der Waals surface area contributed by atoms with E-state index in [-0.39, 0.29) is 12.3 Å². The number of nitrogens with two attached hydrogens (primary N) is 1. The Morgan fingerprint density at radius 2 is 2.06 bits per heavy atom. The minimum atomic E-state index is 0.0125. The van der Waals surface area contributed by atoms with Crippen LogP contribution in [0.1, 0.15) is 21.6 Å². The van der Waals surface area contributed by atoms with E-state index in [0.717, 1.165) is 5.56 Å². The first-order chi connectivity index (χ1) is 8.19. The molecule has 5 heteroatoms. The van der Waals surface area contributed by atoms with Gasteiger partial charge in [0.2, 0.25) is 0 Å². The fraction of sp³-hybridized carbons (Fsp3) is 0.250. The van der Waals surface area contributed by atoms with E-state index in [0.29, 0.717) is 17.8 Å². The summed E-state index contributed by atoms with van der Waals surface area (Å²) in [5.41, 5.74) is 7.92. The third-order valence-corrected chi connectivity index (χ3v) is 2.47. The van der Waals surface area contributed by atoms with E-state index in [2.05, 4.69) is 10.3 Å². The van der Waals surface area contributed by atoms with Crippen molar-refractivity contribution in [2.75, 3.05) is 0 Å². The number of aryl methyl sites for hydroxylation is 1. The molecule has 0 aliphatic rings. The standard InChI is InChI=1S/C12H14N4O/c1-9-2-4-10(5-3-9)12(17)8-16-7-11(6-13)14-15-16/h2-5,7H,6,8,13H2,1H3. The Morgan fingerprint density at radius 3 is 2.65 bits per heavy atom. The van der Waals surface area contributed by atoms with E-state index in [1.165, 1.54) is 4.68 Å². The molecule has 1 aromatic heterocycles. The van der Waals surface area contributed by atoms with Gasteiger partial charge in [0.15, 0.2) is 5.78 Å². The predicted octanol–water partition coefficient (Wildman–Crippen LogP) is 0.928. The molecule has 1 aromatic carbocycles. The Kier molecular flexibility index (Phi) is 3.30. The molecule has 2 aromatic rings. The van der Waals surface area contributed by atoms with Gasteiger partial charge in [-0.25, -0.2) is 4.68 Å². The summed E-state index contributed by atoms with van der Waals surface area (Å²) in [5, 5.41) is 7.67. The Bertz CT molecular complexity index is 516. The predicted molar refractivity (Wildman–Crippen MR) is 63.4 cm³/mol. The average molecular weight is 230 g/mol. The molecule has 5 nitrogen and oxygen atoms in total. The molecule has 0 saturated heterocycles. The summed E-state index contributed by atoms with van der Waals surface area (Å²) < 4.78 is 1.50. The smallest absolute Gasteiger partial charge is 0.184 e. The molecular formula is C12H14N4O. The van der Waals surface area contributed by atoms with Gasteiger partial charge in [-0.15, -0.1) is 5.10 Å². The van der Waals surface area contributed by atoms with Crippen LogP contribution in [0.25, 0.3) is 0 Å². The van der Waals surface area contributed by atoms with Crippen LogP contribution < -0.4 is 5.73 Å². The Labute approximate surface area is 99.2 Å². The number of Topliss-reactive ketones (excluding diaryl/α,β-unsaturated/α-hetero) is 1. The van der Waals surface area contributed by atoms with Gasteiger partial charge in [-0.05, 0) is 6.92 Å². The number of hydrogen-bond acceptors (Lipinski definition) is 4. The van der Waals surface area contributed by atoms with E-state index < -0.39 is 0 Å². The molecule has 0 radical (unpaired) electrons. The zero-order valence-corrected chi connectivity index (χ0v) is 9.63. The first kappa shape index (κ1) is 11.5. The quantitative estimate of drug-likeness (QED) is 0.793. The van der Waals surface area contributed by atoms with Gasteiger partial charge >= 0.3 is 0 Å². The highest BCUT2D eigenvalue weighted by molar-refractivity contribution is 5.95. The lowest BCUT2D eigenvalue weighted by atomic mass is 10.1. The lowest BCUT2D eigenvalue weighted by molar-refractivity contribution is 0.0967. The van der Waals surface area contributed by atoms with Crippen molar-refractivity contribution in [2.45, 2.75) is 20.0 Å². The van der Waals surface area contributed by atoms with E-state index in [1.807, 2.05) is 31.2 Å². The van der Waals surface area contributed by atoms with E-state index in [9.17, 15) is 4.79 Å². The summed E-state index contributed by atoms with van der Waals surface area (Å²) in [6, 6.07) is 7.47. The number of benzene rings is 1. The molecule has 0 bridgehead atoms. The van der Waals surface area contributed by atoms with Crippen LogP contribution in [-0.2, 0) is 13.1 Å². The van der Waals surface area contributed by atoms with Gasteiger partial charge in [0, 0.05) is 12.1 Å². The molecular weight excluding hydrogens is 216 g/mol. The summed E-state index contributed by atoms with van der Waals surface area (Å²) in [6.45, 7) is 2.51. The van der Waals surface area contributed by atoms with Crippen LogP contribution >= 0.6 is 0 Å². The second-order valence-electron chi connectivity index (χ2n) is 3.90. The molecule has 0 spiro atoms. The van der Waals surface area contributed by atoms with Crippen LogP contribution in [0.4, 0.5) is 0 Å². The van der Waals surface area contributed by atoms with Crippen LogP contribution in [0, 0.1) is 6.92 Å². The highest BCUT2D eigenvalue weighted by atomic mass is 16.1. The van der Waals surface area contributed by atoms with Gasteiger partial charge in [0.1, 0.15) is 6.54 Å². The summed E-state index contributed by atoms with van der Waals surface area (Å²) in [7, 11) is 0. The minimum absolute atomic E-state index is 0.0125. The molecule has 0 aliphatic carbocycles. The second kappa shape index (κ2) is 4.88. The van der Waals surface area contributed by atoms with Crippen LogP contribution in [-0.4, -0.2) is 20.8 Å². The number of carbonyl (C=O) groups excluding carboxylic acids is 1. The average Bonchev–Trinajstić information content (AvgIpc) is 2.77. The van der Waals surface area contributed by atoms with Gasteiger partial charge in [-0.2, -0.15) is 0 Å². The van der Waals surface area contributed by atoms with Crippen molar-refractivity contribution in [3.63, 3.8) is 0 Å². The number of nitrogens with zero attached hydrogens (tertiary/aromatic N) is 3. The van der Waals surface area contributed by atoms with Crippen molar-refractivity contribution in [2.24, 2.45) is 5.73 Å². The van der Waals surface area contributed by atoms with Gasteiger partial charge in [0.05, 0.1) is 11.9 Å². The topological polar surface area (TPSA) is 73.8 Å². The molecule has 0 atom stereocenters. The number of aromatic nitrogens is 3. The zero-order valence-electron chi connectivity index (χ0n) is 9.63. The zero-order chi connectivity index (χ0) is 12.3. The fourth-order valence-electron chi connectivity index (χ4n) is 1.49. The van der Waals surface area contributed by atoms with Crippen LogP contribution in [0.3, 0.4) is 0 Å². The van der Waals surface area contributed by atoms with Crippen molar-refractivity contribution in [1.29, 1.82) is 0 Å². The van der Waals surface area contributed by atoms with Crippen molar-refractivity contribution in [3.05, 3.63) is 47.3 Å². The molecule has 0 saturated carbocycles. The van der Waals surface area contributed by atoms with Crippen LogP contribution in [0.5, 0.6) is 0 Å². The summed E-state index contributed by atoms with van der Waals surface area (Å²) in [6.07, 6.45) is 1.69. The maximum absolute atomic E-state index is 11.9. The summed E-state index contributed by atoms with van der Waals surface area (Å²) >= 11 is 0. The molecule has 0 unspecified atom stereocenters. The van der Waals surface area contributed by atoms with Gasteiger partial charge in [0.25, 0.3) is 0 Å².